The predicted octanol–water partition coefficient (Wildman–Crippen LogP) is 2.55. The number of ether oxygens (including phenoxy) is 1. The summed E-state index contributed by atoms with van der Waals surface area (Å²) in [5.41, 5.74) is 0. The van der Waals surface area contributed by atoms with Crippen LogP contribution in [0.2, 0.25) is 0 Å². The van der Waals surface area contributed by atoms with Crippen LogP contribution in [-0.4, -0.2) is 48.8 Å². The van der Waals surface area contributed by atoms with E-state index in [1.807, 2.05) is 0 Å². The third-order valence-electron chi connectivity index (χ3n) is 5.29. The van der Waals surface area contributed by atoms with Gasteiger partial charge in [-0.2, -0.15) is 0 Å². The number of nitrogens with zero attached hydrogens (tertiary/aromatic N) is 1. The summed E-state index contributed by atoms with van der Waals surface area (Å²) in [7, 11) is 0. The maximum Gasteiger partial charge on any atom is 0.0576 e. The molecule has 3 heteroatoms. The predicted molar refractivity (Wildman–Crippen MR) is 78.4 cm³/mol. The van der Waals surface area contributed by atoms with Crippen molar-refractivity contribution >= 4 is 0 Å². The van der Waals surface area contributed by atoms with Gasteiger partial charge in [-0.05, 0) is 71.4 Å². The van der Waals surface area contributed by atoms with Crippen molar-refractivity contribution in [1.82, 2.24) is 10.2 Å². The summed E-state index contributed by atoms with van der Waals surface area (Å²) in [4.78, 5) is 2.70. The van der Waals surface area contributed by atoms with Gasteiger partial charge in [0.25, 0.3) is 0 Å². The zero-order valence-electron chi connectivity index (χ0n) is 12.4. The molecule has 3 rings (SSSR count). The van der Waals surface area contributed by atoms with E-state index in [0.29, 0.717) is 12.1 Å². The van der Waals surface area contributed by atoms with Crippen LogP contribution in [-0.2, 0) is 4.74 Å². The van der Waals surface area contributed by atoms with Crippen molar-refractivity contribution < 1.29 is 4.74 Å². The maximum absolute atomic E-state index is 5.72. The van der Waals surface area contributed by atoms with Crippen LogP contribution in [0.4, 0.5) is 0 Å². The van der Waals surface area contributed by atoms with Gasteiger partial charge in [0.05, 0.1) is 6.10 Å². The van der Waals surface area contributed by atoms with E-state index in [-0.39, 0.29) is 0 Å². The quantitative estimate of drug-likeness (QED) is 0.827. The number of fused-ring (bicyclic) bond motifs is 1. The fraction of sp³-hybridized carbons (Fsp3) is 1.00. The SMILES string of the molecule is C[C@@H](CC[C@@H]1CCCO1)N[C@@H]1CCN2CCC[C@@H]2C1. The highest BCUT2D eigenvalue weighted by molar-refractivity contribution is 4.90. The van der Waals surface area contributed by atoms with E-state index >= 15 is 0 Å². The molecule has 0 saturated carbocycles. The molecule has 3 saturated heterocycles. The molecule has 3 heterocycles. The summed E-state index contributed by atoms with van der Waals surface area (Å²) in [6, 6.07) is 2.30. The topological polar surface area (TPSA) is 24.5 Å². The van der Waals surface area contributed by atoms with E-state index in [9.17, 15) is 0 Å². The first-order valence-corrected chi connectivity index (χ1v) is 8.43. The molecule has 0 aromatic heterocycles. The molecule has 0 aliphatic carbocycles. The Balaban J connectivity index is 1.36. The van der Waals surface area contributed by atoms with E-state index in [4.69, 9.17) is 4.74 Å². The van der Waals surface area contributed by atoms with Gasteiger partial charge in [-0.25, -0.2) is 0 Å². The zero-order chi connectivity index (χ0) is 13.1. The van der Waals surface area contributed by atoms with E-state index in [1.165, 1.54) is 64.5 Å². The summed E-state index contributed by atoms with van der Waals surface area (Å²) in [5.74, 6) is 0. The second kappa shape index (κ2) is 6.55. The lowest BCUT2D eigenvalue weighted by molar-refractivity contribution is 0.0982. The highest BCUT2D eigenvalue weighted by Gasteiger charge is 2.31. The van der Waals surface area contributed by atoms with Crippen molar-refractivity contribution in [1.29, 1.82) is 0 Å². The molecule has 3 fully saturated rings. The lowest BCUT2D eigenvalue weighted by atomic mass is 9.96. The standard InChI is InChI=1S/C16H30N2O/c1-13(6-7-16-5-3-11-19-16)17-14-8-10-18-9-2-4-15(18)12-14/h13-17H,2-12H2,1H3/t13-,14+,15+,16-/m0/s1. The minimum atomic E-state index is 0.556. The molecule has 0 aromatic carbocycles. The highest BCUT2D eigenvalue weighted by atomic mass is 16.5. The van der Waals surface area contributed by atoms with Gasteiger partial charge in [0.15, 0.2) is 0 Å². The molecule has 3 aliphatic rings. The van der Waals surface area contributed by atoms with Crippen LogP contribution in [0.5, 0.6) is 0 Å². The minimum Gasteiger partial charge on any atom is -0.378 e. The Morgan fingerprint density at radius 1 is 1.21 bits per heavy atom. The van der Waals surface area contributed by atoms with Gasteiger partial charge in [-0.15, -0.1) is 0 Å². The fourth-order valence-corrected chi connectivity index (χ4v) is 4.17. The smallest absolute Gasteiger partial charge is 0.0576 e. The molecule has 110 valence electrons. The monoisotopic (exact) mass is 266 g/mol. The first-order valence-electron chi connectivity index (χ1n) is 8.43. The van der Waals surface area contributed by atoms with Crippen molar-refractivity contribution in [2.24, 2.45) is 0 Å². The van der Waals surface area contributed by atoms with Crippen molar-refractivity contribution in [2.75, 3.05) is 19.7 Å². The van der Waals surface area contributed by atoms with Gasteiger partial charge < -0.3 is 15.0 Å². The van der Waals surface area contributed by atoms with E-state index in [1.54, 1.807) is 0 Å². The van der Waals surface area contributed by atoms with Crippen molar-refractivity contribution in [3.63, 3.8) is 0 Å². The Bertz CT molecular complexity index is 278. The van der Waals surface area contributed by atoms with E-state index < -0.39 is 0 Å². The molecule has 4 atom stereocenters. The molecule has 3 aliphatic heterocycles. The van der Waals surface area contributed by atoms with Crippen LogP contribution in [0.15, 0.2) is 0 Å². The molecule has 0 unspecified atom stereocenters. The second-order valence-electron chi connectivity index (χ2n) is 6.83. The van der Waals surface area contributed by atoms with Crippen LogP contribution in [0.1, 0.15) is 58.3 Å². The van der Waals surface area contributed by atoms with Crippen molar-refractivity contribution in [3.05, 3.63) is 0 Å². The summed E-state index contributed by atoms with van der Waals surface area (Å²) in [5, 5.41) is 3.87. The van der Waals surface area contributed by atoms with Crippen LogP contribution in [0.25, 0.3) is 0 Å². The number of hydrogen-bond donors (Lipinski definition) is 1. The molecule has 0 spiro atoms. The first-order chi connectivity index (χ1) is 9.31. The fourth-order valence-electron chi connectivity index (χ4n) is 4.17. The van der Waals surface area contributed by atoms with Crippen LogP contribution >= 0.6 is 0 Å². The zero-order valence-corrected chi connectivity index (χ0v) is 12.4. The molecular formula is C16H30N2O. The summed E-state index contributed by atoms with van der Waals surface area (Å²) >= 11 is 0. The molecule has 1 N–H and O–H groups in total. The Morgan fingerprint density at radius 3 is 3.00 bits per heavy atom. The lowest BCUT2D eigenvalue weighted by Crippen LogP contribution is -2.48. The third-order valence-corrected chi connectivity index (χ3v) is 5.29. The normalized spacial score (nSPS) is 37.4. The number of hydrogen-bond acceptors (Lipinski definition) is 3. The van der Waals surface area contributed by atoms with Gasteiger partial charge in [0.2, 0.25) is 0 Å². The average molecular weight is 266 g/mol. The Hall–Kier alpha value is -0.120. The summed E-state index contributed by atoms with van der Waals surface area (Å²) < 4.78 is 5.72. The van der Waals surface area contributed by atoms with Gasteiger partial charge in [-0.1, -0.05) is 0 Å². The molecule has 19 heavy (non-hydrogen) atoms. The first kappa shape index (κ1) is 13.8. The Kier molecular flexibility index (Phi) is 4.78. The number of rotatable bonds is 5. The molecular weight excluding hydrogens is 236 g/mol. The van der Waals surface area contributed by atoms with E-state index in [0.717, 1.165) is 18.7 Å². The van der Waals surface area contributed by atoms with E-state index in [2.05, 4.69) is 17.1 Å². The van der Waals surface area contributed by atoms with Gasteiger partial charge in [0, 0.05) is 24.7 Å². The second-order valence-corrected chi connectivity index (χ2v) is 6.83. The van der Waals surface area contributed by atoms with Gasteiger partial charge in [0.1, 0.15) is 0 Å². The Morgan fingerprint density at radius 2 is 2.16 bits per heavy atom. The molecule has 0 amide bonds. The molecule has 3 nitrogen and oxygen atoms in total. The van der Waals surface area contributed by atoms with Crippen LogP contribution in [0.3, 0.4) is 0 Å². The average Bonchev–Trinajstić information content (AvgIpc) is 3.07. The summed E-state index contributed by atoms with van der Waals surface area (Å²) in [6.07, 6.45) is 11.2. The van der Waals surface area contributed by atoms with Gasteiger partial charge in [-0.3, -0.25) is 0 Å². The molecule has 0 bridgehead atoms. The lowest BCUT2D eigenvalue weighted by Gasteiger charge is -2.36. The number of nitrogens with one attached hydrogen (secondary N) is 1. The highest BCUT2D eigenvalue weighted by Crippen LogP contribution is 2.27. The largest absolute Gasteiger partial charge is 0.378 e. The van der Waals surface area contributed by atoms with Crippen LogP contribution < -0.4 is 5.32 Å². The number of piperidine rings is 1. The Labute approximate surface area is 118 Å². The van der Waals surface area contributed by atoms with Gasteiger partial charge >= 0.3 is 0 Å². The molecule has 0 radical (unpaired) electrons. The van der Waals surface area contributed by atoms with Crippen molar-refractivity contribution in [3.8, 4) is 0 Å². The molecule has 0 aromatic rings. The maximum atomic E-state index is 5.72. The van der Waals surface area contributed by atoms with Crippen LogP contribution in [0, 0.1) is 0 Å². The third kappa shape index (κ3) is 3.71. The minimum absolute atomic E-state index is 0.556. The van der Waals surface area contributed by atoms with Crippen molar-refractivity contribution in [2.45, 2.75) is 82.5 Å². The summed E-state index contributed by atoms with van der Waals surface area (Å²) in [6.45, 7) is 6.02.